The summed E-state index contributed by atoms with van der Waals surface area (Å²) in [5.41, 5.74) is -1.98. The van der Waals surface area contributed by atoms with Gasteiger partial charge in [-0.3, -0.25) is 14.4 Å². The predicted octanol–water partition coefficient (Wildman–Crippen LogP) is 2.07. The van der Waals surface area contributed by atoms with E-state index in [9.17, 15) is 14.4 Å². The fourth-order valence-corrected chi connectivity index (χ4v) is 2.16. The molecule has 18 heavy (non-hydrogen) atoms. The molecule has 0 bridgehead atoms. The zero-order valence-electron chi connectivity index (χ0n) is 11.6. The van der Waals surface area contributed by atoms with E-state index in [0.717, 1.165) is 0 Å². The second-order valence-electron chi connectivity index (χ2n) is 5.83. The molecule has 0 N–H and O–H groups in total. The molecule has 0 heterocycles. The highest BCUT2D eigenvalue weighted by Crippen LogP contribution is 2.38. The van der Waals surface area contributed by atoms with Gasteiger partial charge in [-0.2, -0.15) is 0 Å². The molecule has 0 aromatic rings. The van der Waals surface area contributed by atoms with Crippen molar-refractivity contribution in [1.29, 1.82) is 0 Å². The lowest BCUT2D eigenvalue weighted by atomic mass is 9.68. The fraction of sp³-hybridized carbons (Fsp3) is 0.643. The van der Waals surface area contributed by atoms with Crippen molar-refractivity contribution in [1.82, 2.24) is 0 Å². The van der Waals surface area contributed by atoms with Crippen LogP contribution in [0.15, 0.2) is 12.2 Å². The highest BCUT2D eigenvalue weighted by Gasteiger charge is 2.50. The average Bonchev–Trinajstić information content (AvgIpc) is 2.13. The summed E-state index contributed by atoms with van der Waals surface area (Å²) in [7, 11) is 0. The topological polar surface area (TPSA) is 60.4 Å². The smallest absolute Gasteiger partial charge is 0.324 e. The number of hydrogen-bond acceptors (Lipinski definition) is 4. The van der Waals surface area contributed by atoms with Crippen LogP contribution >= 0.6 is 0 Å². The van der Waals surface area contributed by atoms with Crippen LogP contribution in [0.25, 0.3) is 0 Å². The van der Waals surface area contributed by atoms with Crippen LogP contribution in [0.5, 0.6) is 0 Å². The van der Waals surface area contributed by atoms with Crippen LogP contribution in [0.3, 0.4) is 0 Å². The van der Waals surface area contributed by atoms with E-state index in [0.29, 0.717) is 0 Å². The van der Waals surface area contributed by atoms with Crippen LogP contribution in [0, 0.1) is 11.3 Å². The molecule has 0 aromatic carbocycles. The number of esters is 1. The van der Waals surface area contributed by atoms with Gasteiger partial charge >= 0.3 is 5.97 Å². The summed E-state index contributed by atoms with van der Waals surface area (Å²) in [6.07, 6.45) is 2.90. The van der Waals surface area contributed by atoms with Crippen molar-refractivity contribution in [3.8, 4) is 0 Å². The minimum atomic E-state index is -1.32. The van der Waals surface area contributed by atoms with E-state index in [1.807, 2.05) is 0 Å². The molecule has 0 radical (unpaired) electrons. The first kappa shape index (κ1) is 14.6. The lowest BCUT2D eigenvalue weighted by Crippen LogP contribution is -2.47. The first-order valence-corrected chi connectivity index (χ1v) is 6.06. The van der Waals surface area contributed by atoms with Crippen molar-refractivity contribution in [3.05, 3.63) is 12.2 Å². The lowest BCUT2D eigenvalue weighted by Gasteiger charge is -2.36. The van der Waals surface area contributed by atoms with Crippen molar-refractivity contribution in [2.75, 3.05) is 0 Å². The number of allylic oxidation sites excluding steroid dienone is 1. The van der Waals surface area contributed by atoms with Gasteiger partial charge in [-0.15, -0.1) is 0 Å². The molecular weight excluding hydrogens is 232 g/mol. The third-order valence-electron chi connectivity index (χ3n) is 3.14. The third-order valence-corrected chi connectivity index (χ3v) is 3.14. The summed E-state index contributed by atoms with van der Waals surface area (Å²) in [5.74, 6) is -1.29. The highest BCUT2D eigenvalue weighted by molar-refractivity contribution is 6.08. The molecule has 0 fully saturated rings. The number of rotatable bonds is 2. The molecular formula is C14H20O4. The summed E-state index contributed by atoms with van der Waals surface area (Å²) < 4.78 is 5.33. The molecule has 0 aliphatic heterocycles. The molecule has 0 saturated carbocycles. The summed E-state index contributed by atoms with van der Waals surface area (Å²) in [5, 5.41) is 0. The van der Waals surface area contributed by atoms with Crippen LogP contribution < -0.4 is 0 Å². The molecule has 1 aliphatic carbocycles. The Morgan fingerprint density at radius 2 is 1.94 bits per heavy atom. The Balaban J connectivity index is 3.17. The predicted molar refractivity (Wildman–Crippen MR) is 66.9 cm³/mol. The van der Waals surface area contributed by atoms with E-state index < -0.39 is 17.0 Å². The van der Waals surface area contributed by atoms with Crippen molar-refractivity contribution < 1.29 is 19.1 Å². The van der Waals surface area contributed by atoms with Crippen LogP contribution in [0.4, 0.5) is 0 Å². The van der Waals surface area contributed by atoms with Crippen LogP contribution in [-0.4, -0.2) is 23.1 Å². The van der Waals surface area contributed by atoms with Crippen molar-refractivity contribution in [2.24, 2.45) is 11.3 Å². The van der Waals surface area contributed by atoms with E-state index in [2.05, 4.69) is 0 Å². The molecule has 0 aromatic heterocycles. The standard InChI is InChI=1S/C14H20O4/c1-9-8-11(16)6-7-14(9,10(2)15)12(17)18-13(3,4)5/h6-7,9H,8H2,1-5H3/t9-,14-/m0/s1. The molecule has 0 saturated heterocycles. The van der Waals surface area contributed by atoms with Crippen LogP contribution in [0.1, 0.15) is 41.0 Å². The van der Waals surface area contributed by atoms with Gasteiger partial charge in [0.25, 0.3) is 0 Å². The lowest BCUT2D eigenvalue weighted by molar-refractivity contribution is -0.170. The number of ketones is 2. The van der Waals surface area contributed by atoms with Crippen molar-refractivity contribution in [3.63, 3.8) is 0 Å². The number of ether oxygens (including phenoxy) is 1. The fourth-order valence-electron chi connectivity index (χ4n) is 2.16. The quantitative estimate of drug-likeness (QED) is 0.557. The molecule has 0 unspecified atom stereocenters. The Bertz CT molecular complexity index is 414. The van der Waals surface area contributed by atoms with E-state index in [4.69, 9.17) is 4.74 Å². The zero-order valence-corrected chi connectivity index (χ0v) is 11.6. The van der Waals surface area contributed by atoms with Gasteiger partial charge in [0, 0.05) is 6.42 Å². The first-order valence-electron chi connectivity index (χ1n) is 6.06. The Labute approximate surface area is 107 Å². The van der Waals surface area contributed by atoms with Gasteiger partial charge < -0.3 is 4.74 Å². The minimum Gasteiger partial charge on any atom is -0.459 e. The third kappa shape index (κ3) is 2.68. The average molecular weight is 252 g/mol. The highest BCUT2D eigenvalue weighted by atomic mass is 16.6. The van der Waals surface area contributed by atoms with E-state index >= 15 is 0 Å². The molecule has 1 rings (SSSR count). The SMILES string of the molecule is CC(=O)[C@]1(C(=O)OC(C)(C)C)C=CC(=O)C[C@@H]1C. The van der Waals surface area contributed by atoms with Crippen molar-refractivity contribution >= 4 is 17.5 Å². The normalized spacial score (nSPS) is 28.1. The second kappa shape index (κ2) is 4.67. The molecule has 4 heteroatoms. The number of carbonyl (C=O) groups is 3. The van der Waals surface area contributed by atoms with Gasteiger partial charge in [0.2, 0.25) is 0 Å². The van der Waals surface area contributed by atoms with Crippen LogP contribution in [0.2, 0.25) is 0 Å². The molecule has 4 nitrogen and oxygen atoms in total. The Morgan fingerprint density at radius 1 is 1.39 bits per heavy atom. The maximum absolute atomic E-state index is 12.3. The van der Waals surface area contributed by atoms with Gasteiger partial charge in [-0.25, -0.2) is 0 Å². The Morgan fingerprint density at radius 3 is 2.33 bits per heavy atom. The van der Waals surface area contributed by atoms with Crippen molar-refractivity contribution in [2.45, 2.75) is 46.6 Å². The maximum Gasteiger partial charge on any atom is 0.324 e. The molecule has 0 spiro atoms. The second-order valence-corrected chi connectivity index (χ2v) is 5.83. The number of Topliss-reactive ketones (excluding diaryl/α,β-unsaturated/α-hetero) is 1. The van der Waals surface area contributed by atoms with E-state index in [-0.39, 0.29) is 23.9 Å². The minimum absolute atomic E-state index is 0.0667. The summed E-state index contributed by atoms with van der Waals surface area (Å²) in [4.78, 5) is 35.5. The largest absolute Gasteiger partial charge is 0.459 e. The monoisotopic (exact) mass is 252 g/mol. The first-order chi connectivity index (χ1) is 8.09. The van der Waals surface area contributed by atoms with Gasteiger partial charge in [-0.1, -0.05) is 13.0 Å². The zero-order chi connectivity index (χ0) is 14.1. The van der Waals surface area contributed by atoms with Gasteiger partial charge in [0.05, 0.1) is 0 Å². The number of carbonyl (C=O) groups excluding carboxylic acids is 3. The van der Waals surface area contributed by atoms with Crippen LogP contribution in [-0.2, 0) is 19.1 Å². The van der Waals surface area contributed by atoms with E-state index in [1.165, 1.54) is 19.1 Å². The van der Waals surface area contributed by atoms with Gasteiger partial charge in [0.15, 0.2) is 11.6 Å². The van der Waals surface area contributed by atoms with Gasteiger partial charge in [-0.05, 0) is 39.7 Å². The molecule has 100 valence electrons. The van der Waals surface area contributed by atoms with E-state index in [1.54, 1.807) is 27.7 Å². The molecule has 1 aliphatic rings. The van der Waals surface area contributed by atoms with Gasteiger partial charge in [0.1, 0.15) is 11.0 Å². The Kier molecular flexibility index (Phi) is 3.79. The maximum atomic E-state index is 12.3. The molecule has 2 atom stereocenters. The summed E-state index contributed by atoms with van der Waals surface area (Å²) in [6, 6.07) is 0. The number of hydrogen-bond donors (Lipinski definition) is 0. The molecule has 0 amide bonds. The Hall–Kier alpha value is -1.45. The summed E-state index contributed by atoms with van der Waals surface area (Å²) >= 11 is 0. The summed E-state index contributed by atoms with van der Waals surface area (Å²) in [6.45, 7) is 8.34.